The van der Waals surface area contributed by atoms with Crippen LogP contribution in [-0.2, 0) is 11.2 Å². The Kier molecular flexibility index (Phi) is 3.70. The van der Waals surface area contributed by atoms with Gasteiger partial charge in [-0.1, -0.05) is 49.4 Å². The molecule has 0 aliphatic carbocycles. The topological polar surface area (TPSA) is 41.1 Å². The summed E-state index contributed by atoms with van der Waals surface area (Å²) in [5.74, 6) is 0.622. The molecule has 2 N–H and O–H groups in total. The smallest absolute Gasteiger partial charge is 0.224 e. The van der Waals surface area contributed by atoms with E-state index in [1.165, 1.54) is 10.8 Å². The molecular weight excluding hydrogens is 248 g/mol. The minimum Gasteiger partial charge on any atom is -0.351 e. The Morgan fingerprint density at radius 1 is 1.20 bits per heavy atom. The van der Waals surface area contributed by atoms with Crippen LogP contribution in [0.4, 0.5) is 0 Å². The van der Waals surface area contributed by atoms with Crippen molar-refractivity contribution in [3.05, 3.63) is 48.0 Å². The molecule has 0 spiro atoms. The second kappa shape index (κ2) is 5.63. The van der Waals surface area contributed by atoms with Crippen LogP contribution in [0.5, 0.6) is 0 Å². The number of carbonyl (C=O) groups is 1. The van der Waals surface area contributed by atoms with E-state index < -0.39 is 0 Å². The molecule has 0 saturated carbocycles. The Labute approximate surface area is 119 Å². The Morgan fingerprint density at radius 2 is 2.00 bits per heavy atom. The molecule has 1 saturated heterocycles. The molecule has 1 amide bonds. The molecular formula is C17H20N2O. The largest absolute Gasteiger partial charge is 0.351 e. The molecule has 3 nitrogen and oxygen atoms in total. The van der Waals surface area contributed by atoms with Crippen molar-refractivity contribution in [2.24, 2.45) is 5.92 Å². The molecule has 2 atom stereocenters. The molecule has 1 heterocycles. The average Bonchev–Trinajstić information content (AvgIpc) is 2.84. The van der Waals surface area contributed by atoms with Crippen LogP contribution in [0.3, 0.4) is 0 Å². The first kappa shape index (κ1) is 13.1. The Morgan fingerprint density at radius 3 is 2.75 bits per heavy atom. The van der Waals surface area contributed by atoms with Crippen molar-refractivity contribution < 1.29 is 4.79 Å². The molecule has 0 aromatic heterocycles. The van der Waals surface area contributed by atoms with Gasteiger partial charge in [0.15, 0.2) is 0 Å². The third-order valence-corrected chi connectivity index (χ3v) is 4.04. The highest BCUT2D eigenvalue weighted by molar-refractivity contribution is 5.85. The number of fused-ring (bicyclic) bond motifs is 1. The normalized spacial score (nSPS) is 22.1. The van der Waals surface area contributed by atoms with Crippen LogP contribution >= 0.6 is 0 Å². The van der Waals surface area contributed by atoms with E-state index in [9.17, 15) is 4.79 Å². The second-order valence-corrected chi connectivity index (χ2v) is 5.67. The van der Waals surface area contributed by atoms with E-state index in [2.05, 4.69) is 41.8 Å². The van der Waals surface area contributed by atoms with Gasteiger partial charge < -0.3 is 10.6 Å². The van der Waals surface area contributed by atoms with Crippen LogP contribution in [0.1, 0.15) is 12.5 Å². The lowest BCUT2D eigenvalue weighted by atomic mass is 10.0. The summed E-state index contributed by atoms with van der Waals surface area (Å²) in [6.45, 7) is 4.03. The molecule has 1 fully saturated rings. The highest BCUT2D eigenvalue weighted by atomic mass is 16.1. The van der Waals surface area contributed by atoms with Gasteiger partial charge in [-0.05, 0) is 28.8 Å². The van der Waals surface area contributed by atoms with Gasteiger partial charge in [-0.25, -0.2) is 0 Å². The fraction of sp³-hybridized carbons (Fsp3) is 0.353. The van der Waals surface area contributed by atoms with Gasteiger partial charge in [0.25, 0.3) is 0 Å². The lowest BCUT2D eigenvalue weighted by molar-refractivity contribution is -0.121. The van der Waals surface area contributed by atoms with Crippen molar-refractivity contribution in [3.63, 3.8) is 0 Å². The monoisotopic (exact) mass is 268 g/mol. The zero-order chi connectivity index (χ0) is 13.9. The van der Waals surface area contributed by atoms with Crippen molar-refractivity contribution in [3.8, 4) is 0 Å². The van der Waals surface area contributed by atoms with E-state index in [1.807, 2.05) is 18.2 Å². The number of nitrogens with one attached hydrogen (secondary N) is 2. The first-order chi connectivity index (χ1) is 9.72. The minimum atomic E-state index is 0.112. The number of hydrogen-bond donors (Lipinski definition) is 2. The van der Waals surface area contributed by atoms with E-state index >= 15 is 0 Å². The first-order valence-electron chi connectivity index (χ1n) is 7.20. The quantitative estimate of drug-likeness (QED) is 0.895. The fourth-order valence-corrected chi connectivity index (χ4v) is 2.80. The maximum Gasteiger partial charge on any atom is 0.224 e. The maximum atomic E-state index is 12.1. The second-order valence-electron chi connectivity index (χ2n) is 5.67. The SMILES string of the molecule is CC1CNCC1NC(=O)Cc1ccc2ccccc2c1. The summed E-state index contributed by atoms with van der Waals surface area (Å²) in [5.41, 5.74) is 1.07. The molecule has 3 rings (SSSR count). The summed E-state index contributed by atoms with van der Waals surface area (Å²) in [7, 11) is 0. The fourth-order valence-electron chi connectivity index (χ4n) is 2.80. The van der Waals surface area contributed by atoms with Gasteiger partial charge in [-0.3, -0.25) is 4.79 Å². The van der Waals surface area contributed by atoms with Gasteiger partial charge in [-0.2, -0.15) is 0 Å². The van der Waals surface area contributed by atoms with Crippen molar-refractivity contribution >= 4 is 16.7 Å². The number of benzene rings is 2. The molecule has 3 heteroatoms. The van der Waals surface area contributed by atoms with Crippen molar-refractivity contribution in [1.29, 1.82) is 0 Å². The van der Waals surface area contributed by atoms with Crippen molar-refractivity contribution in [2.75, 3.05) is 13.1 Å². The minimum absolute atomic E-state index is 0.112. The van der Waals surface area contributed by atoms with E-state index in [4.69, 9.17) is 0 Å². The number of amides is 1. The molecule has 0 radical (unpaired) electrons. The summed E-state index contributed by atoms with van der Waals surface area (Å²) in [6, 6.07) is 14.7. The van der Waals surface area contributed by atoms with Crippen molar-refractivity contribution in [1.82, 2.24) is 10.6 Å². The van der Waals surface area contributed by atoms with Gasteiger partial charge in [0.05, 0.1) is 6.42 Å². The third kappa shape index (κ3) is 2.83. The summed E-state index contributed by atoms with van der Waals surface area (Å²) < 4.78 is 0. The summed E-state index contributed by atoms with van der Waals surface area (Å²) in [6.07, 6.45) is 0.452. The zero-order valence-corrected chi connectivity index (χ0v) is 11.7. The molecule has 1 aliphatic rings. The lowest BCUT2D eigenvalue weighted by Gasteiger charge is -2.16. The predicted molar refractivity (Wildman–Crippen MR) is 81.6 cm³/mol. The first-order valence-corrected chi connectivity index (χ1v) is 7.20. The molecule has 2 aromatic carbocycles. The highest BCUT2D eigenvalue weighted by Gasteiger charge is 2.24. The van der Waals surface area contributed by atoms with Gasteiger partial charge in [0.1, 0.15) is 0 Å². The summed E-state index contributed by atoms with van der Waals surface area (Å²) in [5, 5.41) is 8.83. The average molecular weight is 268 g/mol. The highest BCUT2D eigenvalue weighted by Crippen LogP contribution is 2.16. The predicted octanol–water partition coefficient (Wildman–Crippen LogP) is 2.11. The van der Waals surface area contributed by atoms with Crippen LogP contribution in [0, 0.1) is 5.92 Å². The number of hydrogen-bond acceptors (Lipinski definition) is 2. The van der Waals surface area contributed by atoms with E-state index in [0.29, 0.717) is 12.3 Å². The summed E-state index contributed by atoms with van der Waals surface area (Å²) in [4.78, 5) is 12.1. The number of rotatable bonds is 3. The molecule has 20 heavy (non-hydrogen) atoms. The van der Waals surface area contributed by atoms with E-state index in [1.54, 1.807) is 0 Å². The Bertz CT molecular complexity index is 623. The van der Waals surface area contributed by atoms with Crippen LogP contribution in [0.25, 0.3) is 10.8 Å². The summed E-state index contributed by atoms with van der Waals surface area (Å²) >= 11 is 0. The molecule has 0 bridgehead atoms. The zero-order valence-electron chi connectivity index (χ0n) is 11.7. The van der Waals surface area contributed by atoms with Gasteiger partial charge in [0, 0.05) is 12.6 Å². The van der Waals surface area contributed by atoms with Gasteiger partial charge >= 0.3 is 0 Å². The molecule has 104 valence electrons. The van der Waals surface area contributed by atoms with Crippen LogP contribution < -0.4 is 10.6 Å². The van der Waals surface area contributed by atoms with Crippen LogP contribution in [-0.4, -0.2) is 25.0 Å². The van der Waals surface area contributed by atoms with Gasteiger partial charge in [0.2, 0.25) is 5.91 Å². The Hall–Kier alpha value is -1.87. The standard InChI is InChI=1S/C17H20N2O/c1-12-10-18-11-16(12)19-17(20)9-13-6-7-14-4-2-3-5-15(14)8-13/h2-8,12,16,18H,9-11H2,1H3,(H,19,20). The van der Waals surface area contributed by atoms with E-state index in [0.717, 1.165) is 18.7 Å². The lowest BCUT2D eigenvalue weighted by Crippen LogP contribution is -2.40. The van der Waals surface area contributed by atoms with Crippen LogP contribution in [0.2, 0.25) is 0 Å². The Balaban J connectivity index is 1.67. The number of carbonyl (C=O) groups excluding carboxylic acids is 1. The van der Waals surface area contributed by atoms with Crippen molar-refractivity contribution in [2.45, 2.75) is 19.4 Å². The van der Waals surface area contributed by atoms with Crippen LogP contribution in [0.15, 0.2) is 42.5 Å². The molecule has 2 unspecified atom stereocenters. The third-order valence-electron chi connectivity index (χ3n) is 4.04. The van der Waals surface area contributed by atoms with Gasteiger partial charge in [-0.15, -0.1) is 0 Å². The van der Waals surface area contributed by atoms with E-state index in [-0.39, 0.29) is 11.9 Å². The maximum absolute atomic E-state index is 12.1. The molecule has 2 aromatic rings. The molecule has 1 aliphatic heterocycles.